The van der Waals surface area contributed by atoms with Crippen LogP contribution in [0.2, 0.25) is 0 Å². The number of anilines is 2. The summed E-state index contributed by atoms with van der Waals surface area (Å²) in [6.07, 6.45) is 7.66. The van der Waals surface area contributed by atoms with Gasteiger partial charge in [0.25, 0.3) is 0 Å². The van der Waals surface area contributed by atoms with Crippen molar-refractivity contribution in [2.24, 2.45) is 0 Å². The zero-order valence-electron chi connectivity index (χ0n) is 20.7. The van der Waals surface area contributed by atoms with Crippen LogP contribution in [0, 0.1) is 5.82 Å². The van der Waals surface area contributed by atoms with Crippen LogP contribution in [0.5, 0.6) is 0 Å². The second kappa shape index (κ2) is 10.8. The van der Waals surface area contributed by atoms with E-state index in [9.17, 15) is 9.18 Å². The molecule has 0 aliphatic heterocycles. The summed E-state index contributed by atoms with van der Waals surface area (Å²) in [6, 6.07) is 8.47. The summed E-state index contributed by atoms with van der Waals surface area (Å²) in [5.74, 6) is 1.03. The number of fused-ring (bicyclic) bond motifs is 3. The van der Waals surface area contributed by atoms with Gasteiger partial charge in [-0.25, -0.2) is 14.4 Å². The molecule has 4 rings (SSSR count). The van der Waals surface area contributed by atoms with E-state index in [-0.39, 0.29) is 11.6 Å². The van der Waals surface area contributed by atoms with Gasteiger partial charge in [0.1, 0.15) is 28.2 Å². The van der Waals surface area contributed by atoms with Gasteiger partial charge in [-0.1, -0.05) is 19.8 Å². The molecule has 0 aliphatic rings. The number of hydrogen-bond acceptors (Lipinski definition) is 6. The molecule has 0 spiro atoms. The molecule has 3 aromatic heterocycles. The second-order valence-electron chi connectivity index (χ2n) is 9.14. The van der Waals surface area contributed by atoms with Gasteiger partial charge in [0.05, 0.1) is 11.2 Å². The fraction of sp³-hybridized carbons (Fsp3) is 0.407. The molecular formula is C27H33FN6O. The smallest absolute Gasteiger partial charge is 0.162 e. The molecule has 4 aromatic rings. The molecule has 8 heteroatoms. The minimum atomic E-state index is -0.373. The van der Waals surface area contributed by atoms with Crippen molar-refractivity contribution in [1.82, 2.24) is 19.5 Å². The van der Waals surface area contributed by atoms with Gasteiger partial charge >= 0.3 is 0 Å². The predicted octanol–water partition coefficient (Wildman–Crippen LogP) is 5.55. The number of nitrogens with two attached hydrogens (primary N) is 1. The first kappa shape index (κ1) is 24.6. The van der Waals surface area contributed by atoms with E-state index in [0.29, 0.717) is 29.0 Å². The molecule has 0 amide bonds. The van der Waals surface area contributed by atoms with Crippen LogP contribution >= 0.6 is 0 Å². The Morgan fingerprint density at radius 2 is 1.91 bits per heavy atom. The topological polar surface area (TPSA) is 89.9 Å². The van der Waals surface area contributed by atoms with Crippen LogP contribution in [0.25, 0.3) is 22.1 Å². The number of nitrogen functional groups attached to an aromatic ring is 1. The summed E-state index contributed by atoms with van der Waals surface area (Å²) < 4.78 is 16.5. The summed E-state index contributed by atoms with van der Waals surface area (Å²) in [7, 11) is 3.56. The zero-order chi connectivity index (χ0) is 24.9. The SMILES string of the molecule is CCCCc1nc2c(N)nc3cccnc3c2n1CCCCCC(=O)c1ccc(N(C)C)c(F)c1. The van der Waals surface area contributed by atoms with Crippen LogP contribution in [-0.2, 0) is 13.0 Å². The van der Waals surface area contributed by atoms with Gasteiger partial charge in [-0.05, 0) is 49.6 Å². The summed E-state index contributed by atoms with van der Waals surface area (Å²) in [6.45, 7) is 2.93. The van der Waals surface area contributed by atoms with E-state index in [1.54, 1.807) is 37.3 Å². The van der Waals surface area contributed by atoms with Crippen molar-refractivity contribution >= 4 is 39.4 Å². The number of aryl methyl sites for hydroxylation is 2. The number of unbranched alkanes of at least 4 members (excludes halogenated alkanes) is 3. The molecule has 0 bridgehead atoms. The molecule has 2 N–H and O–H groups in total. The Labute approximate surface area is 205 Å². The molecular weight excluding hydrogens is 443 g/mol. The first-order chi connectivity index (χ1) is 16.9. The van der Waals surface area contributed by atoms with Crippen molar-refractivity contribution in [3.8, 4) is 0 Å². The lowest BCUT2D eigenvalue weighted by atomic mass is 10.0. The highest BCUT2D eigenvalue weighted by atomic mass is 19.1. The maximum Gasteiger partial charge on any atom is 0.162 e. The normalized spacial score (nSPS) is 11.4. The number of ketones is 1. The molecule has 0 fully saturated rings. The van der Waals surface area contributed by atoms with E-state index in [4.69, 9.17) is 10.7 Å². The average molecular weight is 477 g/mol. The first-order valence-electron chi connectivity index (χ1n) is 12.3. The van der Waals surface area contributed by atoms with Crippen molar-refractivity contribution in [3.63, 3.8) is 0 Å². The summed E-state index contributed by atoms with van der Waals surface area (Å²) in [4.78, 5) is 28.2. The van der Waals surface area contributed by atoms with Gasteiger partial charge < -0.3 is 15.2 Å². The van der Waals surface area contributed by atoms with E-state index in [2.05, 4.69) is 21.5 Å². The second-order valence-corrected chi connectivity index (χ2v) is 9.14. The molecule has 0 unspecified atom stereocenters. The summed E-state index contributed by atoms with van der Waals surface area (Å²) in [5.41, 5.74) is 10.4. The Morgan fingerprint density at radius 3 is 2.66 bits per heavy atom. The largest absolute Gasteiger partial charge is 0.382 e. The van der Waals surface area contributed by atoms with Crippen LogP contribution in [0.1, 0.15) is 61.6 Å². The number of nitrogens with zero attached hydrogens (tertiary/aromatic N) is 5. The molecule has 1 aromatic carbocycles. The molecule has 0 atom stereocenters. The number of carbonyl (C=O) groups excluding carboxylic acids is 1. The number of carbonyl (C=O) groups is 1. The van der Waals surface area contributed by atoms with Crippen LogP contribution < -0.4 is 10.6 Å². The standard InChI is InChI=1S/C27H33FN6O/c1-4-5-12-23-32-25-26(24-20(31-27(25)29)10-9-15-30-24)34(23)16-8-6-7-11-22(35)18-13-14-21(33(2)3)19(28)17-18/h9-10,13-15,17H,4-8,11-12,16H2,1-3H3,(H2,29,31). The number of halogens is 1. The summed E-state index contributed by atoms with van der Waals surface area (Å²) >= 11 is 0. The van der Waals surface area contributed by atoms with Crippen molar-refractivity contribution in [1.29, 1.82) is 0 Å². The molecule has 184 valence electrons. The lowest BCUT2D eigenvalue weighted by Crippen LogP contribution is -2.11. The van der Waals surface area contributed by atoms with Gasteiger partial charge in [-0.3, -0.25) is 9.78 Å². The fourth-order valence-electron chi connectivity index (χ4n) is 4.46. The Hall–Kier alpha value is -3.55. The van der Waals surface area contributed by atoms with E-state index in [1.165, 1.54) is 6.07 Å². The van der Waals surface area contributed by atoms with Crippen molar-refractivity contribution in [2.75, 3.05) is 24.7 Å². The van der Waals surface area contributed by atoms with Crippen LogP contribution in [-0.4, -0.2) is 39.4 Å². The Kier molecular flexibility index (Phi) is 7.58. The zero-order valence-corrected chi connectivity index (χ0v) is 20.7. The van der Waals surface area contributed by atoms with Crippen LogP contribution in [0.15, 0.2) is 36.5 Å². The Balaban J connectivity index is 1.45. The molecule has 0 saturated carbocycles. The average Bonchev–Trinajstić information content (AvgIpc) is 3.21. The Morgan fingerprint density at radius 1 is 1.09 bits per heavy atom. The molecule has 0 radical (unpaired) electrons. The number of aromatic nitrogens is 4. The van der Waals surface area contributed by atoms with Crippen LogP contribution in [0.3, 0.4) is 0 Å². The van der Waals surface area contributed by atoms with Gasteiger partial charge in [-0.15, -0.1) is 0 Å². The maximum atomic E-state index is 14.2. The first-order valence-corrected chi connectivity index (χ1v) is 12.3. The Bertz CT molecular complexity index is 1350. The fourth-order valence-corrected chi connectivity index (χ4v) is 4.46. The highest BCUT2D eigenvalue weighted by Gasteiger charge is 2.18. The number of pyridine rings is 2. The lowest BCUT2D eigenvalue weighted by molar-refractivity contribution is 0.0978. The van der Waals surface area contributed by atoms with E-state index in [0.717, 1.165) is 67.4 Å². The van der Waals surface area contributed by atoms with E-state index in [1.807, 2.05) is 12.1 Å². The molecule has 0 aliphatic carbocycles. The summed E-state index contributed by atoms with van der Waals surface area (Å²) in [5, 5.41) is 0. The van der Waals surface area contributed by atoms with Crippen molar-refractivity contribution in [3.05, 3.63) is 53.7 Å². The highest BCUT2D eigenvalue weighted by Crippen LogP contribution is 2.28. The molecule has 7 nitrogen and oxygen atoms in total. The van der Waals surface area contributed by atoms with Crippen molar-refractivity contribution < 1.29 is 9.18 Å². The molecule has 3 heterocycles. The third-order valence-corrected chi connectivity index (χ3v) is 6.33. The number of rotatable bonds is 11. The van der Waals surface area contributed by atoms with Gasteiger partial charge in [-0.2, -0.15) is 0 Å². The third-order valence-electron chi connectivity index (χ3n) is 6.33. The number of imidazole rings is 1. The third kappa shape index (κ3) is 5.26. The van der Waals surface area contributed by atoms with Crippen LogP contribution in [0.4, 0.5) is 15.9 Å². The minimum Gasteiger partial charge on any atom is -0.382 e. The number of benzene rings is 1. The quantitative estimate of drug-likeness (QED) is 0.225. The number of Topliss-reactive ketones (excluding diaryl/α,β-unsaturated/α-hetero) is 1. The van der Waals surface area contributed by atoms with Crippen molar-refractivity contribution in [2.45, 2.75) is 58.4 Å². The van der Waals surface area contributed by atoms with Gasteiger partial charge in [0.15, 0.2) is 11.6 Å². The monoisotopic (exact) mass is 476 g/mol. The molecule has 35 heavy (non-hydrogen) atoms. The van der Waals surface area contributed by atoms with Gasteiger partial charge in [0, 0.05) is 45.2 Å². The number of hydrogen-bond donors (Lipinski definition) is 1. The maximum absolute atomic E-state index is 14.2. The van der Waals surface area contributed by atoms with E-state index < -0.39 is 0 Å². The minimum absolute atomic E-state index is 0.0278. The van der Waals surface area contributed by atoms with E-state index >= 15 is 0 Å². The molecule has 0 saturated heterocycles. The predicted molar refractivity (Wildman–Crippen MR) is 139 cm³/mol. The highest BCUT2D eigenvalue weighted by molar-refractivity contribution is 6.04. The lowest BCUT2D eigenvalue weighted by Gasteiger charge is -2.14. The van der Waals surface area contributed by atoms with Gasteiger partial charge in [0.2, 0.25) is 0 Å².